The van der Waals surface area contributed by atoms with Crippen molar-refractivity contribution in [1.82, 2.24) is 114 Å². The van der Waals surface area contributed by atoms with Gasteiger partial charge in [-0.05, 0) is 54.4 Å². The molecule has 0 aliphatic carbocycles. The minimum Gasteiger partial charge on any atom is -0.394 e. The second-order valence-electron chi connectivity index (χ2n) is 29.3. The number of hydrogen-bond donors (Lipinski definition) is 23. The van der Waals surface area contributed by atoms with E-state index in [0.29, 0.717) is 44.7 Å². The van der Waals surface area contributed by atoms with E-state index in [0.717, 1.165) is 16.7 Å². The van der Waals surface area contributed by atoms with Gasteiger partial charge in [-0.15, -0.1) is 11.8 Å². The van der Waals surface area contributed by atoms with Crippen LogP contribution in [-0.4, -0.2) is 257 Å². The van der Waals surface area contributed by atoms with Gasteiger partial charge < -0.3 is 121 Å². The number of nitrogens with zero attached hydrogens (tertiary/aromatic N) is 5. The highest BCUT2D eigenvalue weighted by atomic mass is 32.2. The third kappa shape index (κ3) is 29.4. The number of primary amides is 1. The predicted octanol–water partition coefficient (Wildman–Crippen LogP) is -5.19. The number of guanidine groups is 2. The average molecular weight is 1710 g/mol. The number of aliphatic hydroxyl groups is 1. The SMILES string of the molecule is CCC(C)[C@@H]1NC(=O)[C@@H](Cc2ccccc2)NC(=O)CSC[C@@H](C(=O)NCC(N)=O)NC(=O)[C@H](Cc2cncn2C)NC(=O)[C@@H](CCCNC(=N)N)NC(=O)[C@H](Cc2cnc[nH]2)NC(=O)[C@H](Cc2ccccc2)N(C)C(=O)[C@H](CCCNC(=N)N)NC(=O)[C@H](CO)NC(=O)CNC(=O)[C@H](Cc2cnc[nH]2)NC(=O)[C@H](Cc2c[nH]c3ccccc23)NC1=O. The Morgan fingerprint density at radius 1 is 0.541 bits per heavy atom. The lowest BCUT2D eigenvalue weighted by molar-refractivity contribution is -0.143. The van der Waals surface area contributed by atoms with Crippen LogP contribution in [-0.2, 0) is 113 Å². The number of para-hydroxylation sites is 1. The van der Waals surface area contributed by atoms with Crippen LogP contribution in [0.2, 0.25) is 0 Å². The monoisotopic (exact) mass is 1710 g/mol. The van der Waals surface area contributed by atoms with Gasteiger partial charge in [-0.25, -0.2) is 15.0 Å². The Labute approximate surface area is 705 Å². The van der Waals surface area contributed by atoms with Crippen LogP contribution in [0.15, 0.2) is 129 Å². The van der Waals surface area contributed by atoms with Gasteiger partial charge in [0.2, 0.25) is 82.7 Å². The number of carbonyl (C=O) groups excluding carboxylic acids is 14. The lowest BCUT2D eigenvalue weighted by Gasteiger charge is -2.33. The zero-order chi connectivity index (χ0) is 88.4. The molecule has 3 aromatic carbocycles. The second-order valence-corrected chi connectivity index (χ2v) is 30.3. The highest BCUT2D eigenvalue weighted by Gasteiger charge is 2.40. The highest BCUT2D eigenvalue weighted by molar-refractivity contribution is 8.00. The Bertz CT molecular complexity index is 4740. The van der Waals surface area contributed by atoms with Crippen molar-refractivity contribution < 1.29 is 72.2 Å². The number of amides is 14. The predicted molar refractivity (Wildman–Crippen MR) is 447 cm³/mol. The van der Waals surface area contributed by atoms with Gasteiger partial charge in [0.1, 0.15) is 66.5 Å². The molecule has 26 N–H and O–H groups in total. The van der Waals surface area contributed by atoms with Crippen molar-refractivity contribution >= 4 is 117 Å². The van der Waals surface area contributed by atoms with E-state index in [1.165, 1.54) is 44.6 Å². The third-order valence-corrected chi connectivity index (χ3v) is 21.1. The van der Waals surface area contributed by atoms with Crippen LogP contribution in [0.4, 0.5) is 0 Å². The number of nitrogens with two attached hydrogens (primary N) is 3. The Morgan fingerprint density at radius 3 is 1.63 bits per heavy atom. The van der Waals surface area contributed by atoms with Crippen molar-refractivity contribution in [2.75, 3.05) is 51.3 Å². The molecular formula is C79H107N27O15S. The normalized spacial score (nSPS) is 22.0. The number of H-pyrrole nitrogens is 3. The third-order valence-electron chi connectivity index (χ3n) is 20.1. The summed E-state index contributed by atoms with van der Waals surface area (Å²) >= 11 is 0.808. The fourth-order valence-electron chi connectivity index (χ4n) is 13.2. The lowest BCUT2D eigenvalue weighted by atomic mass is 9.96. The Morgan fingerprint density at radius 2 is 1.05 bits per heavy atom. The Hall–Kier alpha value is -13.7. The molecule has 1 aliphatic rings. The summed E-state index contributed by atoms with van der Waals surface area (Å²) < 4.78 is 1.54. The summed E-state index contributed by atoms with van der Waals surface area (Å²) in [4.78, 5) is 227. The van der Waals surface area contributed by atoms with Crippen LogP contribution in [0.3, 0.4) is 0 Å². The summed E-state index contributed by atoms with van der Waals surface area (Å²) in [6.07, 6.45) is 8.17. The van der Waals surface area contributed by atoms with E-state index < -0.39 is 198 Å². The first-order valence-electron chi connectivity index (χ1n) is 39.5. The van der Waals surface area contributed by atoms with Gasteiger partial charge in [0, 0.05) is 124 Å². The van der Waals surface area contributed by atoms with E-state index in [2.05, 4.69) is 104 Å². The van der Waals surface area contributed by atoms with Gasteiger partial charge in [-0.2, -0.15) is 0 Å². The molecule has 5 heterocycles. The van der Waals surface area contributed by atoms with E-state index >= 15 is 33.6 Å². The van der Waals surface area contributed by atoms with Gasteiger partial charge in [0.15, 0.2) is 11.9 Å². The number of benzene rings is 3. The van der Waals surface area contributed by atoms with Crippen LogP contribution in [0.25, 0.3) is 10.9 Å². The number of thioether (sulfide) groups is 1. The molecule has 42 nitrogen and oxygen atoms in total. The minimum atomic E-state index is -1.83. The van der Waals surface area contributed by atoms with Crippen molar-refractivity contribution in [3.63, 3.8) is 0 Å². The molecule has 4 aromatic heterocycles. The number of likely N-dealkylation sites (N-methyl/N-ethyl adjacent to an activating group) is 1. The second kappa shape index (κ2) is 47.2. The van der Waals surface area contributed by atoms with Gasteiger partial charge in [-0.3, -0.25) is 77.9 Å². The summed E-state index contributed by atoms with van der Waals surface area (Å²) in [5, 5.41) is 64.0. The number of fused-ring (bicyclic) bond motifs is 1. The first kappa shape index (κ1) is 93.8. The molecule has 654 valence electrons. The van der Waals surface area contributed by atoms with E-state index in [1.54, 1.807) is 117 Å². The van der Waals surface area contributed by atoms with Crippen LogP contribution >= 0.6 is 11.8 Å². The van der Waals surface area contributed by atoms with Crippen LogP contribution in [0.1, 0.15) is 79.7 Å². The van der Waals surface area contributed by atoms with Crippen LogP contribution < -0.4 is 91.6 Å². The smallest absolute Gasteiger partial charge is 0.245 e. The number of aromatic amines is 3. The van der Waals surface area contributed by atoms with E-state index in [9.17, 15) is 38.7 Å². The molecule has 1 saturated heterocycles. The number of rotatable bonds is 26. The molecule has 122 heavy (non-hydrogen) atoms. The first-order valence-corrected chi connectivity index (χ1v) is 40.6. The number of nitrogens with one attached hydrogen (secondary N) is 19. The van der Waals surface area contributed by atoms with Gasteiger partial charge in [0.25, 0.3) is 0 Å². The summed E-state index contributed by atoms with van der Waals surface area (Å²) in [6, 6.07) is 6.76. The molecule has 1 unspecified atom stereocenters. The molecule has 8 rings (SSSR count). The highest BCUT2D eigenvalue weighted by Crippen LogP contribution is 2.22. The molecule has 0 saturated carbocycles. The molecule has 1 fully saturated rings. The summed E-state index contributed by atoms with van der Waals surface area (Å²) in [5.41, 5.74) is 20.0. The number of carbonyl (C=O) groups is 14. The molecular weight excluding hydrogens is 1600 g/mol. The summed E-state index contributed by atoms with van der Waals surface area (Å²) in [6.45, 7) is 0.726. The average Bonchev–Trinajstić information content (AvgIpc) is 1.50. The molecule has 0 radical (unpaired) electrons. The number of aliphatic hydroxyl groups excluding tert-OH is 1. The Balaban J connectivity index is 1.19. The number of aryl methyl sites for hydroxylation is 1. The molecule has 0 spiro atoms. The van der Waals surface area contributed by atoms with E-state index in [1.807, 2.05) is 0 Å². The van der Waals surface area contributed by atoms with Gasteiger partial charge >= 0.3 is 0 Å². The largest absolute Gasteiger partial charge is 0.394 e. The van der Waals surface area contributed by atoms with Crippen LogP contribution in [0, 0.1) is 16.7 Å². The Kier molecular flexibility index (Phi) is 36.2. The van der Waals surface area contributed by atoms with Gasteiger partial charge in [0.05, 0.1) is 44.4 Å². The maximum atomic E-state index is 15.4. The van der Waals surface area contributed by atoms with Crippen molar-refractivity contribution in [2.45, 2.75) is 151 Å². The quantitative estimate of drug-likeness (QED) is 0.0137. The number of imidazole rings is 3. The standard InChI is InChI=1S/C79H107N27O15S/c1-5-44(2)66-76(120)102-56(28-47-32-90-52-21-13-12-20-51(47)52)70(114)99-57(29-48-33-85-41-93-48)67(111)92-37-64(109)96-60(38-107)74(118)98-54(23-15-25-89-79(83)84)77(121)106(4)62(27-46-18-10-7-11-19-46)75(119)101-58(30-49-34-86-42-94-49)71(115)97-53(22-14-24-88-78(81)82)69(113)100-59(31-50-35-87-43-105(50)3)72(116)103-61(68(112)91-36-63(80)108)39-122-40-65(110)95-55(73(117)104-66)26-45-16-8-6-9-17-45/h6-13,16-21,32-35,41-44,53-62,66,90,107H,5,14-15,22-31,36-40H2,1-4H3,(H2,80,108)(H,85,93)(H,86,94)(H,91,112)(H,92,111)(H,95,110)(H,96,109)(H,97,115)(H,98,118)(H,99,114)(H,100,113)(H,101,119)(H,102,120)(H,103,116)(H,104,117)(H4,81,82,88)(H4,83,84,89)/t44?,53-,54+,55-,56+,57+,58+,59+,60+,61+,62+,66+/m1/s1. The zero-order valence-corrected chi connectivity index (χ0v) is 68.6. The lowest BCUT2D eigenvalue weighted by Crippen LogP contribution is -2.61. The van der Waals surface area contributed by atoms with Crippen molar-refractivity contribution in [1.29, 1.82) is 10.8 Å². The molecule has 12 atom stereocenters. The maximum absolute atomic E-state index is 15.4. The van der Waals surface area contributed by atoms with E-state index in [-0.39, 0.29) is 83.7 Å². The molecule has 14 amide bonds. The fraction of sp³-hybridized carbons (Fsp3) is 0.430. The maximum Gasteiger partial charge on any atom is 0.245 e. The number of hydrogen-bond acceptors (Lipinski definition) is 21. The minimum absolute atomic E-state index is 0.0164. The molecule has 7 aromatic rings. The molecule has 43 heteroatoms. The van der Waals surface area contributed by atoms with E-state index in [4.69, 9.17) is 28.0 Å². The molecule has 0 bridgehead atoms. The zero-order valence-electron chi connectivity index (χ0n) is 67.8. The van der Waals surface area contributed by atoms with Crippen molar-refractivity contribution in [3.8, 4) is 0 Å². The van der Waals surface area contributed by atoms with Gasteiger partial charge in [-0.1, -0.05) is 99.1 Å². The van der Waals surface area contributed by atoms with Crippen molar-refractivity contribution in [2.24, 2.45) is 30.2 Å². The topological polar surface area (TPSA) is 648 Å². The van der Waals surface area contributed by atoms with Crippen LogP contribution in [0.5, 0.6) is 0 Å². The first-order chi connectivity index (χ1) is 58.5. The summed E-state index contributed by atoms with van der Waals surface area (Å²) in [7, 11) is 2.87. The fourth-order valence-corrected chi connectivity index (χ4v) is 14.1. The van der Waals surface area contributed by atoms with Crippen molar-refractivity contribution in [3.05, 3.63) is 162 Å². The summed E-state index contributed by atoms with van der Waals surface area (Å²) in [5.74, 6) is -15.8. The molecule has 1 aliphatic heterocycles. The number of aromatic nitrogens is 7.